The fraction of sp³-hybridized carbons (Fsp3) is 0.800. The molecule has 0 saturated heterocycles. The van der Waals surface area contributed by atoms with E-state index < -0.39 is 0 Å². The summed E-state index contributed by atoms with van der Waals surface area (Å²) in [4.78, 5) is 11.7. The van der Waals surface area contributed by atoms with E-state index >= 15 is 0 Å². The molecular weight excluding hydrogens is 252 g/mol. The van der Waals surface area contributed by atoms with Gasteiger partial charge in [0.25, 0.3) is 0 Å². The van der Waals surface area contributed by atoms with Crippen molar-refractivity contribution in [2.45, 2.75) is 44.4 Å². The summed E-state index contributed by atoms with van der Waals surface area (Å²) in [5.74, 6) is 0.281. The predicted octanol–water partition coefficient (Wildman–Crippen LogP) is 0.0287. The third-order valence-corrected chi connectivity index (χ3v) is 3.49. The molecule has 0 saturated carbocycles. The number of nitrogens with zero attached hydrogens (tertiary/aromatic N) is 4. The summed E-state index contributed by atoms with van der Waals surface area (Å²) in [5.41, 5.74) is 5.26. The molecule has 0 aromatic carbocycles. The maximum atomic E-state index is 11.7. The Morgan fingerprint density at radius 2 is 2.28 bits per heavy atom. The van der Waals surface area contributed by atoms with E-state index in [1.54, 1.807) is 4.68 Å². The molecule has 1 rings (SSSR count). The third-order valence-electron chi connectivity index (χ3n) is 2.53. The Balaban J connectivity index is 2.45. The zero-order valence-electron chi connectivity index (χ0n) is 11.0. The molecule has 1 amide bonds. The molecule has 102 valence electrons. The van der Waals surface area contributed by atoms with Crippen LogP contribution in [0.25, 0.3) is 0 Å². The Hall–Kier alpha value is -1.15. The van der Waals surface area contributed by atoms with Crippen molar-refractivity contribution in [2.24, 2.45) is 5.73 Å². The van der Waals surface area contributed by atoms with Crippen LogP contribution in [-0.4, -0.2) is 44.0 Å². The number of hydrogen-bond donors (Lipinski definition) is 2. The summed E-state index contributed by atoms with van der Waals surface area (Å²) in [5, 5.41) is 14.8. The van der Waals surface area contributed by atoms with Crippen LogP contribution in [0.15, 0.2) is 5.16 Å². The number of amides is 1. The first-order valence-corrected chi connectivity index (χ1v) is 6.87. The number of nitrogens with one attached hydrogen (secondary N) is 1. The van der Waals surface area contributed by atoms with E-state index in [1.807, 2.05) is 20.8 Å². The first-order chi connectivity index (χ1) is 8.48. The average Bonchev–Trinajstić information content (AvgIpc) is 2.74. The molecule has 1 aromatic heterocycles. The summed E-state index contributed by atoms with van der Waals surface area (Å²) >= 11 is 1.31. The van der Waals surface area contributed by atoms with Crippen LogP contribution in [0.5, 0.6) is 0 Å². The van der Waals surface area contributed by atoms with Gasteiger partial charge in [-0.15, -0.1) is 5.10 Å². The maximum Gasteiger partial charge on any atom is 0.230 e. The quantitative estimate of drug-likeness (QED) is 0.679. The molecule has 1 aromatic rings. The highest BCUT2D eigenvalue weighted by atomic mass is 32.2. The lowest BCUT2D eigenvalue weighted by Crippen LogP contribution is -2.43. The summed E-state index contributed by atoms with van der Waals surface area (Å²) in [7, 11) is 0. The second-order valence-electron chi connectivity index (χ2n) is 4.55. The van der Waals surface area contributed by atoms with Crippen LogP contribution in [0.3, 0.4) is 0 Å². The number of tetrazole rings is 1. The molecule has 0 unspecified atom stereocenters. The second-order valence-corrected chi connectivity index (χ2v) is 5.49. The standard InChI is InChI=1S/C10H20N6OS/c1-4-10(2,3)12-8(17)7-18-9-13-14-15-16(9)6-5-11/h4-7,11H2,1-3H3,(H,12,17). The molecule has 0 aliphatic rings. The Morgan fingerprint density at radius 3 is 2.89 bits per heavy atom. The molecule has 1 heterocycles. The zero-order valence-corrected chi connectivity index (χ0v) is 11.8. The van der Waals surface area contributed by atoms with E-state index in [0.29, 0.717) is 24.0 Å². The number of aromatic nitrogens is 4. The lowest BCUT2D eigenvalue weighted by atomic mass is 10.0. The largest absolute Gasteiger partial charge is 0.351 e. The van der Waals surface area contributed by atoms with E-state index in [-0.39, 0.29) is 11.4 Å². The zero-order chi connectivity index (χ0) is 13.6. The minimum atomic E-state index is -0.180. The molecule has 8 heteroatoms. The van der Waals surface area contributed by atoms with Gasteiger partial charge in [-0.05, 0) is 30.7 Å². The molecule has 3 N–H and O–H groups in total. The molecule has 0 fully saturated rings. The molecule has 0 bridgehead atoms. The topological polar surface area (TPSA) is 98.7 Å². The van der Waals surface area contributed by atoms with Crippen LogP contribution in [0.4, 0.5) is 0 Å². The van der Waals surface area contributed by atoms with Crippen molar-refractivity contribution in [3.05, 3.63) is 0 Å². The van der Waals surface area contributed by atoms with Gasteiger partial charge in [0.15, 0.2) is 0 Å². The minimum absolute atomic E-state index is 0.0193. The summed E-state index contributed by atoms with van der Waals surface area (Å²) in [6, 6.07) is 0. The molecule has 18 heavy (non-hydrogen) atoms. The maximum absolute atomic E-state index is 11.7. The number of carbonyl (C=O) groups is 1. The molecule has 0 spiro atoms. The smallest absolute Gasteiger partial charge is 0.230 e. The van der Waals surface area contributed by atoms with E-state index in [9.17, 15) is 4.79 Å². The van der Waals surface area contributed by atoms with Crippen LogP contribution in [0.1, 0.15) is 27.2 Å². The first kappa shape index (κ1) is 14.9. The molecule has 0 aliphatic heterocycles. The Kier molecular flexibility index (Phi) is 5.54. The lowest BCUT2D eigenvalue weighted by molar-refractivity contribution is -0.120. The molecule has 0 aliphatic carbocycles. The summed E-state index contributed by atoms with van der Waals surface area (Å²) < 4.78 is 1.60. The Morgan fingerprint density at radius 1 is 1.56 bits per heavy atom. The number of nitrogens with two attached hydrogens (primary N) is 1. The fourth-order valence-corrected chi connectivity index (χ4v) is 1.90. The predicted molar refractivity (Wildman–Crippen MR) is 70.1 cm³/mol. The van der Waals surface area contributed by atoms with Crippen LogP contribution in [0.2, 0.25) is 0 Å². The summed E-state index contributed by atoms with van der Waals surface area (Å²) in [6.45, 7) is 7.04. The van der Waals surface area contributed by atoms with Crippen LogP contribution in [-0.2, 0) is 11.3 Å². The van der Waals surface area contributed by atoms with Crippen molar-refractivity contribution in [1.29, 1.82) is 0 Å². The first-order valence-electron chi connectivity index (χ1n) is 5.88. The molecule has 0 radical (unpaired) electrons. The van der Waals surface area contributed by atoms with Gasteiger partial charge in [0.05, 0.1) is 12.3 Å². The molecular formula is C10H20N6OS. The van der Waals surface area contributed by atoms with Gasteiger partial charge in [0.2, 0.25) is 11.1 Å². The Labute approximate surface area is 111 Å². The third kappa shape index (κ3) is 4.61. The van der Waals surface area contributed by atoms with Crippen molar-refractivity contribution >= 4 is 17.7 Å². The van der Waals surface area contributed by atoms with Crippen molar-refractivity contribution in [3.63, 3.8) is 0 Å². The van der Waals surface area contributed by atoms with Gasteiger partial charge in [-0.2, -0.15) is 0 Å². The van der Waals surface area contributed by atoms with Gasteiger partial charge in [0, 0.05) is 12.1 Å². The molecule has 0 atom stereocenters. The van der Waals surface area contributed by atoms with E-state index in [4.69, 9.17) is 5.73 Å². The van der Waals surface area contributed by atoms with Crippen LogP contribution < -0.4 is 11.1 Å². The van der Waals surface area contributed by atoms with Crippen LogP contribution in [0, 0.1) is 0 Å². The number of rotatable bonds is 7. The van der Waals surface area contributed by atoms with Gasteiger partial charge < -0.3 is 11.1 Å². The van der Waals surface area contributed by atoms with Gasteiger partial charge in [-0.25, -0.2) is 4.68 Å². The highest BCUT2D eigenvalue weighted by Gasteiger charge is 2.18. The van der Waals surface area contributed by atoms with Crippen molar-refractivity contribution in [1.82, 2.24) is 25.5 Å². The van der Waals surface area contributed by atoms with Gasteiger partial charge >= 0.3 is 0 Å². The lowest BCUT2D eigenvalue weighted by Gasteiger charge is -2.24. The van der Waals surface area contributed by atoms with Crippen molar-refractivity contribution < 1.29 is 4.79 Å². The number of carbonyl (C=O) groups excluding carboxylic acids is 1. The van der Waals surface area contributed by atoms with E-state index in [1.165, 1.54) is 11.8 Å². The molecule has 7 nitrogen and oxygen atoms in total. The van der Waals surface area contributed by atoms with Crippen molar-refractivity contribution in [2.75, 3.05) is 12.3 Å². The van der Waals surface area contributed by atoms with Gasteiger partial charge in [-0.1, -0.05) is 18.7 Å². The normalized spacial score (nSPS) is 11.6. The van der Waals surface area contributed by atoms with Gasteiger partial charge in [-0.3, -0.25) is 4.79 Å². The number of hydrogen-bond acceptors (Lipinski definition) is 6. The monoisotopic (exact) mass is 272 g/mol. The Bertz CT molecular complexity index is 391. The highest BCUT2D eigenvalue weighted by molar-refractivity contribution is 7.99. The second kappa shape index (κ2) is 6.69. The van der Waals surface area contributed by atoms with E-state index in [0.717, 1.165) is 6.42 Å². The van der Waals surface area contributed by atoms with E-state index in [2.05, 4.69) is 20.8 Å². The average molecular weight is 272 g/mol. The van der Waals surface area contributed by atoms with Crippen molar-refractivity contribution in [3.8, 4) is 0 Å². The summed E-state index contributed by atoms with van der Waals surface area (Å²) in [6.07, 6.45) is 0.883. The minimum Gasteiger partial charge on any atom is -0.351 e. The van der Waals surface area contributed by atoms with Gasteiger partial charge in [0.1, 0.15) is 0 Å². The van der Waals surface area contributed by atoms with Crippen LogP contribution >= 0.6 is 11.8 Å². The highest BCUT2D eigenvalue weighted by Crippen LogP contribution is 2.14. The SMILES string of the molecule is CCC(C)(C)NC(=O)CSc1nnnn1CCN. The number of thioether (sulfide) groups is 1. The fourth-order valence-electron chi connectivity index (χ4n) is 1.19.